The molecule has 2 N–H and O–H groups in total. The molecule has 0 spiro atoms. The quantitative estimate of drug-likeness (QED) is 0.795. The normalized spacial score (nSPS) is 13.9. The van der Waals surface area contributed by atoms with Crippen molar-refractivity contribution in [2.45, 2.75) is 26.3 Å². The summed E-state index contributed by atoms with van der Waals surface area (Å²) in [6, 6.07) is 4.30. The number of aliphatic carboxylic acids is 1. The number of halogens is 1. The van der Waals surface area contributed by atoms with E-state index in [1.165, 1.54) is 13.2 Å². The lowest BCUT2D eigenvalue weighted by Crippen LogP contribution is -2.36. The maximum atomic E-state index is 13.5. The Kier molecular flexibility index (Phi) is 5.76. The van der Waals surface area contributed by atoms with Crippen molar-refractivity contribution in [1.29, 1.82) is 0 Å². The van der Waals surface area contributed by atoms with Crippen LogP contribution in [-0.2, 0) is 11.2 Å². The first-order valence-corrected chi connectivity index (χ1v) is 6.22. The molecule has 19 heavy (non-hydrogen) atoms. The van der Waals surface area contributed by atoms with Gasteiger partial charge in [-0.05, 0) is 43.5 Å². The molecule has 0 saturated heterocycles. The molecule has 106 valence electrons. The fraction of sp³-hybridized carbons (Fsp3) is 0.500. The van der Waals surface area contributed by atoms with Crippen molar-refractivity contribution >= 4 is 5.97 Å². The number of carbonyl (C=O) groups is 1. The van der Waals surface area contributed by atoms with E-state index in [0.29, 0.717) is 13.0 Å². The van der Waals surface area contributed by atoms with Gasteiger partial charge in [0.1, 0.15) is 6.04 Å². The van der Waals surface area contributed by atoms with Crippen molar-refractivity contribution in [2.75, 3.05) is 13.7 Å². The van der Waals surface area contributed by atoms with Gasteiger partial charge in [-0.2, -0.15) is 0 Å². The summed E-state index contributed by atoms with van der Waals surface area (Å²) in [4.78, 5) is 10.7. The van der Waals surface area contributed by atoms with E-state index in [1.807, 2.05) is 13.0 Å². The van der Waals surface area contributed by atoms with E-state index in [-0.39, 0.29) is 17.5 Å². The lowest BCUT2D eigenvalue weighted by Gasteiger charge is -2.15. The zero-order chi connectivity index (χ0) is 14.4. The third-order valence-corrected chi connectivity index (χ3v) is 2.94. The summed E-state index contributed by atoms with van der Waals surface area (Å²) in [5, 5.41) is 11.7. The number of rotatable bonds is 7. The van der Waals surface area contributed by atoms with Gasteiger partial charge >= 0.3 is 5.97 Å². The largest absolute Gasteiger partial charge is 0.494 e. The third-order valence-electron chi connectivity index (χ3n) is 2.94. The highest BCUT2D eigenvalue weighted by Crippen LogP contribution is 2.19. The van der Waals surface area contributed by atoms with E-state index in [9.17, 15) is 9.18 Å². The fourth-order valence-electron chi connectivity index (χ4n) is 1.78. The molecule has 0 bridgehead atoms. The van der Waals surface area contributed by atoms with Gasteiger partial charge in [0, 0.05) is 0 Å². The molecule has 0 aromatic heterocycles. The average Bonchev–Trinajstić information content (AvgIpc) is 2.36. The number of hydrogen-bond acceptors (Lipinski definition) is 3. The summed E-state index contributed by atoms with van der Waals surface area (Å²) in [6.45, 7) is 4.16. The molecule has 0 aliphatic rings. The predicted octanol–water partition coefficient (Wildman–Crippen LogP) is 2.08. The van der Waals surface area contributed by atoms with Gasteiger partial charge < -0.3 is 15.2 Å². The summed E-state index contributed by atoms with van der Waals surface area (Å²) in [5.74, 6) is -0.801. The molecular weight excluding hydrogens is 249 g/mol. The summed E-state index contributed by atoms with van der Waals surface area (Å²) in [5.41, 5.74) is 0.871. The Balaban J connectivity index is 2.50. The summed E-state index contributed by atoms with van der Waals surface area (Å²) >= 11 is 0. The fourth-order valence-corrected chi connectivity index (χ4v) is 1.78. The number of benzene rings is 1. The number of carboxylic acid groups (broad SMARTS) is 1. The smallest absolute Gasteiger partial charge is 0.320 e. The lowest BCUT2D eigenvalue weighted by atomic mass is 10.0. The van der Waals surface area contributed by atoms with Crippen LogP contribution in [0.3, 0.4) is 0 Å². The number of hydrogen-bond donors (Lipinski definition) is 2. The summed E-state index contributed by atoms with van der Waals surface area (Å²) in [7, 11) is 1.43. The first-order valence-electron chi connectivity index (χ1n) is 6.22. The van der Waals surface area contributed by atoms with E-state index in [2.05, 4.69) is 5.32 Å². The van der Waals surface area contributed by atoms with Crippen LogP contribution in [0.4, 0.5) is 4.39 Å². The van der Waals surface area contributed by atoms with E-state index < -0.39 is 12.0 Å². The molecule has 0 amide bonds. The Labute approximate surface area is 112 Å². The second-order valence-electron chi connectivity index (χ2n) is 4.75. The van der Waals surface area contributed by atoms with Crippen molar-refractivity contribution in [3.8, 4) is 5.75 Å². The van der Waals surface area contributed by atoms with Gasteiger partial charge in [0.2, 0.25) is 0 Å². The van der Waals surface area contributed by atoms with E-state index in [4.69, 9.17) is 9.84 Å². The second-order valence-corrected chi connectivity index (χ2v) is 4.75. The summed E-state index contributed by atoms with van der Waals surface area (Å²) < 4.78 is 18.4. The first-order chi connectivity index (χ1) is 8.93. The number of nitrogens with one attached hydrogen (secondary N) is 1. The van der Waals surface area contributed by atoms with Crippen molar-refractivity contribution in [3.63, 3.8) is 0 Å². The zero-order valence-electron chi connectivity index (χ0n) is 11.4. The molecule has 0 heterocycles. The van der Waals surface area contributed by atoms with Crippen LogP contribution in [0, 0.1) is 11.7 Å². The topological polar surface area (TPSA) is 58.6 Å². The van der Waals surface area contributed by atoms with Gasteiger partial charge in [-0.3, -0.25) is 4.79 Å². The zero-order valence-corrected chi connectivity index (χ0v) is 11.4. The van der Waals surface area contributed by atoms with Crippen molar-refractivity contribution < 1.29 is 19.0 Å². The Morgan fingerprint density at radius 3 is 2.68 bits per heavy atom. The number of carboxylic acids is 1. The van der Waals surface area contributed by atoms with Crippen molar-refractivity contribution in [2.24, 2.45) is 5.92 Å². The van der Waals surface area contributed by atoms with E-state index >= 15 is 0 Å². The molecule has 5 heteroatoms. The molecule has 1 unspecified atom stereocenters. The highest BCUT2D eigenvalue weighted by atomic mass is 19.1. The van der Waals surface area contributed by atoms with Gasteiger partial charge in [0.15, 0.2) is 11.6 Å². The molecule has 1 aromatic rings. The summed E-state index contributed by atoms with van der Waals surface area (Å²) in [6.07, 6.45) is 0.681. The lowest BCUT2D eigenvalue weighted by molar-refractivity contribution is -0.139. The minimum absolute atomic E-state index is 0.217. The Morgan fingerprint density at radius 1 is 1.47 bits per heavy atom. The monoisotopic (exact) mass is 269 g/mol. The Hall–Kier alpha value is -1.62. The van der Waals surface area contributed by atoms with Crippen LogP contribution >= 0.6 is 0 Å². The van der Waals surface area contributed by atoms with Gasteiger partial charge in [-0.15, -0.1) is 0 Å². The number of methoxy groups -OCH3 is 1. The van der Waals surface area contributed by atoms with Crippen LogP contribution in [0.2, 0.25) is 0 Å². The molecule has 2 atom stereocenters. The van der Waals surface area contributed by atoms with Gasteiger partial charge in [-0.1, -0.05) is 13.0 Å². The van der Waals surface area contributed by atoms with Gasteiger partial charge in [-0.25, -0.2) is 4.39 Å². The average molecular weight is 269 g/mol. The minimum atomic E-state index is -0.873. The molecule has 0 radical (unpaired) electrons. The minimum Gasteiger partial charge on any atom is -0.494 e. The van der Waals surface area contributed by atoms with Crippen LogP contribution in [0.15, 0.2) is 18.2 Å². The van der Waals surface area contributed by atoms with Gasteiger partial charge in [0.25, 0.3) is 0 Å². The Morgan fingerprint density at radius 2 is 2.16 bits per heavy atom. The molecule has 0 fully saturated rings. The number of ether oxygens (including phenoxy) is 1. The molecule has 1 rings (SSSR count). The van der Waals surface area contributed by atoms with Crippen LogP contribution < -0.4 is 10.1 Å². The first kappa shape index (κ1) is 15.4. The highest BCUT2D eigenvalue weighted by molar-refractivity contribution is 5.72. The second kappa shape index (κ2) is 7.09. The van der Waals surface area contributed by atoms with Crippen LogP contribution in [0.5, 0.6) is 5.75 Å². The van der Waals surface area contributed by atoms with Crippen LogP contribution in [-0.4, -0.2) is 30.8 Å². The molecular formula is C14H20FNO3. The van der Waals surface area contributed by atoms with E-state index in [0.717, 1.165) is 5.56 Å². The maximum absolute atomic E-state index is 13.5. The molecule has 0 saturated carbocycles. The van der Waals surface area contributed by atoms with Crippen molar-refractivity contribution in [3.05, 3.63) is 29.6 Å². The van der Waals surface area contributed by atoms with E-state index in [1.54, 1.807) is 13.0 Å². The SMILES string of the molecule is COc1ccc(CC(C)CN[C@@H](C)C(=O)O)cc1F. The molecule has 0 aliphatic carbocycles. The van der Waals surface area contributed by atoms with Crippen LogP contribution in [0.25, 0.3) is 0 Å². The Bertz CT molecular complexity index is 437. The van der Waals surface area contributed by atoms with Crippen molar-refractivity contribution in [1.82, 2.24) is 5.32 Å². The van der Waals surface area contributed by atoms with Gasteiger partial charge in [0.05, 0.1) is 7.11 Å². The van der Waals surface area contributed by atoms with Crippen LogP contribution in [0.1, 0.15) is 19.4 Å². The highest BCUT2D eigenvalue weighted by Gasteiger charge is 2.12. The third kappa shape index (κ3) is 4.87. The maximum Gasteiger partial charge on any atom is 0.320 e. The molecule has 4 nitrogen and oxygen atoms in total. The molecule has 1 aromatic carbocycles. The molecule has 0 aliphatic heterocycles. The standard InChI is InChI=1S/C14H20FNO3/c1-9(8-16-10(2)14(17)18)6-11-4-5-13(19-3)12(15)7-11/h4-5,7,9-10,16H,6,8H2,1-3H3,(H,17,18)/t9?,10-/m0/s1. The predicted molar refractivity (Wildman–Crippen MR) is 70.9 cm³/mol.